The highest BCUT2D eigenvalue weighted by molar-refractivity contribution is 7.15. The third kappa shape index (κ3) is 6.83. The Morgan fingerprint density at radius 2 is 1.60 bits per heavy atom. The van der Waals surface area contributed by atoms with Crippen LogP contribution in [0.1, 0.15) is 72.3 Å². The van der Waals surface area contributed by atoms with Gasteiger partial charge < -0.3 is 15.4 Å². The maximum Gasteiger partial charge on any atom is 0.337 e. The first-order valence-electron chi connectivity index (χ1n) is 10.9. The van der Waals surface area contributed by atoms with E-state index in [4.69, 9.17) is 4.98 Å². The molecule has 162 valence electrons. The summed E-state index contributed by atoms with van der Waals surface area (Å²) in [6, 6.07) is 6.85. The van der Waals surface area contributed by atoms with Crippen LogP contribution < -0.4 is 10.6 Å². The van der Waals surface area contributed by atoms with E-state index in [1.807, 2.05) is 0 Å². The number of rotatable bonds is 5. The first kappa shape index (κ1) is 22.3. The number of hydrogen-bond acceptors (Lipinski definition) is 6. The molecule has 6 nitrogen and oxygen atoms in total. The molecule has 0 bridgehead atoms. The summed E-state index contributed by atoms with van der Waals surface area (Å²) in [7, 11) is 1.35. The number of thiazole rings is 1. The number of hydrogen-bond donors (Lipinski definition) is 2. The number of aryl methyl sites for hydroxylation is 2. The maximum atomic E-state index is 12.4. The van der Waals surface area contributed by atoms with Crippen LogP contribution in [0.5, 0.6) is 0 Å². The lowest BCUT2D eigenvalue weighted by Crippen LogP contribution is -2.21. The van der Waals surface area contributed by atoms with Gasteiger partial charge in [0.2, 0.25) is 5.91 Å². The van der Waals surface area contributed by atoms with Crippen molar-refractivity contribution in [3.05, 3.63) is 40.4 Å². The lowest BCUT2D eigenvalue weighted by Gasteiger charge is -2.07. The molecule has 2 N–H and O–H groups in total. The summed E-state index contributed by atoms with van der Waals surface area (Å²) in [6.07, 6.45) is 12.3. The Labute approximate surface area is 182 Å². The van der Waals surface area contributed by atoms with Crippen molar-refractivity contribution in [2.45, 2.75) is 64.2 Å². The van der Waals surface area contributed by atoms with Crippen LogP contribution in [0.15, 0.2) is 24.3 Å². The fourth-order valence-electron chi connectivity index (χ4n) is 3.65. The van der Waals surface area contributed by atoms with Gasteiger partial charge in [-0.1, -0.05) is 38.5 Å². The molecule has 1 aliphatic rings. The second-order valence-electron chi connectivity index (χ2n) is 7.69. The van der Waals surface area contributed by atoms with Crippen molar-refractivity contribution in [3.8, 4) is 0 Å². The zero-order valence-electron chi connectivity index (χ0n) is 17.7. The van der Waals surface area contributed by atoms with Crippen molar-refractivity contribution in [2.75, 3.05) is 24.3 Å². The SMILES string of the molecule is COC(=O)c1ccc(NCC(=O)Nc2nc3c(s2)CCCCCCCCCC3)cc1. The Balaban J connectivity index is 1.53. The van der Waals surface area contributed by atoms with E-state index in [-0.39, 0.29) is 18.4 Å². The molecule has 1 aromatic heterocycles. The first-order chi connectivity index (χ1) is 14.7. The van der Waals surface area contributed by atoms with Crippen LogP contribution in [0.3, 0.4) is 0 Å². The van der Waals surface area contributed by atoms with Crippen LogP contribution in [-0.2, 0) is 22.4 Å². The molecule has 1 amide bonds. The molecule has 0 aliphatic heterocycles. The zero-order valence-corrected chi connectivity index (χ0v) is 18.5. The average Bonchev–Trinajstić information content (AvgIpc) is 3.13. The molecule has 0 unspecified atom stereocenters. The predicted molar refractivity (Wildman–Crippen MR) is 121 cm³/mol. The minimum Gasteiger partial charge on any atom is -0.465 e. The van der Waals surface area contributed by atoms with Crippen LogP contribution in [0.4, 0.5) is 10.8 Å². The number of amides is 1. The van der Waals surface area contributed by atoms with Crippen LogP contribution in [0, 0.1) is 0 Å². The molecule has 30 heavy (non-hydrogen) atoms. The van der Waals surface area contributed by atoms with Crippen LogP contribution in [0.2, 0.25) is 0 Å². The molecular formula is C23H31N3O3S. The van der Waals surface area contributed by atoms with E-state index in [0.29, 0.717) is 10.7 Å². The first-order valence-corrected chi connectivity index (χ1v) is 11.7. The van der Waals surface area contributed by atoms with Gasteiger partial charge in [-0.05, 0) is 49.9 Å². The fourth-order valence-corrected chi connectivity index (χ4v) is 4.72. The van der Waals surface area contributed by atoms with Crippen molar-refractivity contribution in [1.29, 1.82) is 0 Å². The Kier molecular flexibility index (Phi) is 8.68. The molecule has 0 radical (unpaired) electrons. The molecule has 7 heteroatoms. The summed E-state index contributed by atoms with van der Waals surface area (Å²) in [5.74, 6) is -0.506. The number of benzene rings is 1. The molecule has 1 heterocycles. The largest absolute Gasteiger partial charge is 0.465 e. The molecule has 0 fully saturated rings. The van der Waals surface area contributed by atoms with Crippen molar-refractivity contribution >= 4 is 34.0 Å². The maximum absolute atomic E-state index is 12.4. The van der Waals surface area contributed by atoms with E-state index < -0.39 is 0 Å². The summed E-state index contributed by atoms with van der Waals surface area (Å²) >= 11 is 1.62. The Bertz CT molecular complexity index is 803. The van der Waals surface area contributed by atoms with Gasteiger partial charge in [0.15, 0.2) is 5.13 Å². The summed E-state index contributed by atoms with van der Waals surface area (Å²) in [5.41, 5.74) is 2.41. The lowest BCUT2D eigenvalue weighted by molar-refractivity contribution is -0.114. The van der Waals surface area contributed by atoms with Gasteiger partial charge in [0.05, 0.1) is 24.9 Å². The molecule has 1 aromatic carbocycles. The van der Waals surface area contributed by atoms with Gasteiger partial charge in [0, 0.05) is 10.6 Å². The number of nitrogens with one attached hydrogen (secondary N) is 2. The fraction of sp³-hybridized carbons (Fsp3) is 0.522. The highest BCUT2D eigenvalue weighted by Gasteiger charge is 2.14. The molecule has 0 saturated carbocycles. The topological polar surface area (TPSA) is 80.3 Å². The molecule has 0 spiro atoms. The lowest BCUT2D eigenvalue weighted by atomic mass is 10.0. The van der Waals surface area contributed by atoms with Gasteiger partial charge in [-0.25, -0.2) is 9.78 Å². The van der Waals surface area contributed by atoms with Crippen LogP contribution >= 0.6 is 11.3 Å². The predicted octanol–water partition coefficient (Wildman–Crippen LogP) is 5.20. The number of nitrogens with zero attached hydrogens (tertiary/aromatic N) is 1. The minimum atomic E-state index is -0.378. The monoisotopic (exact) mass is 429 g/mol. The highest BCUT2D eigenvalue weighted by atomic mass is 32.1. The van der Waals surface area contributed by atoms with E-state index in [1.165, 1.54) is 69.0 Å². The zero-order chi connectivity index (χ0) is 21.2. The third-order valence-electron chi connectivity index (χ3n) is 5.35. The number of ether oxygens (including phenoxy) is 1. The van der Waals surface area contributed by atoms with E-state index in [9.17, 15) is 9.59 Å². The summed E-state index contributed by atoms with van der Waals surface area (Å²) in [4.78, 5) is 29.9. The Hall–Kier alpha value is -2.41. The normalized spacial score (nSPS) is 15.2. The minimum absolute atomic E-state index is 0.128. The van der Waals surface area contributed by atoms with Gasteiger partial charge in [-0.3, -0.25) is 4.79 Å². The van der Waals surface area contributed by atoms with Crippen molar-refractivity contribution in [2.24, 2.45) is 0 Å². The average molecular weight is 430 g/mol. The summed E-state index contributed by atoms with van der Waals surface area (Å²) in [6.45, 7) is 0.141. The number of aromatic nitrogens is 1. The molecule has 0 saturated heterocycles. The Morgan fingerprint density at radius 3 is 2.27 bits per heavy atom. The number of methoxy groups -OCH3 is 1. The molecule has 3 rings (SSSR count). The quantitative estimate of drug-likeness (QED) is 0.639. The molecular weight excluding hydrogens is 398 g/mol. The van der Waals surface area contributed by atoms with Gasteiger partial charge in [-0.2, -0.15) is 0 Å². The molecule has 1 aliphatic carbocycles. The second kappa shape index (κ2) is 11.7. The smallest absolute Gasteiger partial charge is 0.337 e. The van der Waals surface area contributed by atoms with E-state index >= 15 is 0 Å². The molecule has 2 aromatic rings. The van der Waals surface area contributed by atoms with Crippen molar-refractivity contribution < 1.29 is 14.3 Å². The van der Waals surface area contributed by atoms with Gasteiger partial charge >= 0.3 is 5.97 Å². The highest BCUT2D eigenvalue weighted by Crippen LogP contribution is 2.27. The Morgan fingerprint density at radius 1 is 0.967 bits per heavy atom. The van der Waals surface area contributed by atoms with Gasteiger partial charge in [0.1, 0.15) is 0 Å². The number of carbonyl (C=O) groups excluding carboxylic acids is 2. The van der Waals surface area contributed by atoms with Crippen molar-refractivity contribution in [3.63, 3.8) is 0 Å². The van der Waals surface area contributed by atoms with Crippen molar-refractivity contribution in [1.82, 2.24) is 4.98 Å². The number of esters is 1. The van der Waals surface area contributed by atoms with Crippen LogP contribution in [0.25, 0.3) is 0 Å². The summed E-state index contributed by atoms with van der Waals surface area (Å²) < 4.78 is 4.69. The number of anilines is 2. The van der Waals surface area contributed by atoms with E-state index in [1.54, 1.807) is 35.6 Å². The third-order valence-corrected chi connectivity index (χ3v) is 6.42. The molecule has 0 atom stereocenters. The van der Waals surface area contributed by atoms with Gasteiger partial charge in [0.25, 0.3) is 0 Å². The number of fused-ring (bicyclic) bond motifs is 1. The van der Waals surface area contributed by atoms with E-state index in [2.05, 4.69) is 15.4 Å². The van der Waals surface area contributed by atoms with E-state index in [0.717, 1.165) is 18.5 Å². The van der Waals surface area contributed by atoms with Crippen LogP contribution in [-0.4, -0.2) is 30.5 Å². The van der Waals surface area contributed by atoms with Gasteiger partial charge in [-0.15, -0.1) is 11.3 Å². The summed E-state index contributed by atoms with van der Waals surface area (Å²) in [5, 5.41) is 6.71. The number of carbonyl (C=O) groups is 2. The second-order valence-corrected chi connectivity index (χ2v) is 8.77. The standard InChI is InChI=1S/C23H31N3O3S/c1-29-22(28)17-12-14-18(15-13-17)24-16-21(27)26-23-25-19-10-8-6-4-2-3-5-7-9-11-20(19)30-23/h12-15,24H,2-11,16H2,1H3,(H,25,26,27).